The second-order valence-electron chi connectivity index (χ2n) is 7.79. The van der Waals surface area contributed by atoms with Crippen molar-refractivity contribution in [2.45, 2.75) is 33.2 Å². The van der Waals surface area contributed by atoms with Crippen molar-refractivity contribution in [1.29, 1.82) is 0 Å². The van der Waals surface area contributed by atoms with Crippen LogP contribution in [0.15, 0.2) is 27.4 Å². The summed E-state index contributed by atoms with van der Waals surface area (Å²) < 4.78 is 15.7. The molecule has 148 valence electrons. The van der Waals surface area contributed by atoms with Crippen LogP contribution in [0.1, 0.15) is 26.3 Å². The van der Waals surface area contributed by atoms with Gasteiger partial charge in [-0.1, -0.05) is 11.6 Å². The summed E-state index contributed by atoms with van der Waals surface area (Å²) in [5.41, 5.74) is 0.692. The van der Waals surface area contributed by atoms with E-state index in [0.29, 0.717) is 11.0 Å². The van der Waals surface area contributed by atoms with E-state index in [9.17, 15) is 14.4 Å². The molecule has 1 heterocycles. The molecule has 0 saturated heterocycles. The number of aryl methyl sites for hydroxylation is 1. The van der Waals surface area contributed by atoms with Gasteiger partial charge in [-0.2, -0.15) is 0 Å². The van der Waals surface area contributed by atoms with Gasteiger partial charge in [0.05, 0.1) is 24.8 Å². The fourth-order valence-corrected chi connectivity index (χ4v) is 3.38. The number of ether oxygens (including phenoxy) is 2. The minimum atomic E-state index is -1.14. The number of methoxy groups -OCH3 is 2. The first-order chi connectivity index (χ1) is 13.1. The molecule has 1 unspecified atom stereocenters. The van der Waals surface area contributed by atoms with Crippen LogP contribution in [0.4, 0.5) is 0 Å². The van der Waals surface area contributed by atoms with Gasteiger partial charge in [0, 0.05) is 11.2 Å². The fraction of sp³-hybridized carbons (Fsp3) is 0.381. The van der Waals surface area contributed by atoms with Crippen LogP contribution >= 0.6 is 0 Å². The Labute approximate surface area is 161 Å². The Kier molecular flexibility index (Phi) is 4.79. The molecule has 3 rings (SSSR count). The molecule has 2 aromatic rings. The lowest BCUT2D eigenvalue weighted by Gasteiger charge is -2.26. The van der Waals surface area contributed by atoms with Crippen molar-refractivity contribution >= 4 is 34.2 Å². The highest BCUT2D eigenvalue weighted by molar-refractivity contribution is 6.19. The number of hydrogen-bond donors (Lipinski definition) is 1. The zero-order chi connectivity index (χ0) is 20.8. The van der Waals surface area contributed by atoms with Crippen molar-refractivity contribution < 1.29 is 23.5 Å². The van der Waals surface area contributed by atoms with Crippen LogP contribution in [0.5, 0.6) is 0 Å². The van der Waals surface area contributed by atoms with Gasteiger partial charge in [0.25, 0.3) is 0 Å². The van der Waals surface area contributed by atoms with Crippen molar-refractivity contribution in [2.24, 2.45) is 5.92 Å². The summed E-state index contributed by atoms with van der Waals surface area (Å²) in [6, 6.07) is 5.20. The van der Waals surface area contributed by atoms with Crippen molar-refractivity contribution in [2.75, 3.05) is 14.2 Å². The third-order valence-corrected chi connectivity index (χ3v) is 4.49. The van der Waals surface area contributed by atoms with Crippen molar-refractivity contribution in [3.8, 4) is 0 Å². The molecule has 1 aliphatic carbocycles. The number of benzene rings is 1. The molecule has 1 N–H and O–H groups in total. The van der Waals surface area contributed by atoms with E-state index in [4.69, 9.17) is 13.9 Å². The minimum Gasteiger partial charge on any atom is -0.468 e. The van der Waals surface area contributed by atoms with Crippen LogP contribution in [0.2, 0.25) is 0 Å². The topological polar surface area (TPSA) is 94.8 Å². The molecule has 0 spiro atoms. The van der Waals surface area contributed by atoms with E-state index in [1.165, 1.54) is 14.2 Å². The summed E-state index contributed by atoms with van der Waals surface area (Å²) >= 11 is 0. The summed E-state index contributed by atoms with van der Waals surface area (Å²) in [6.45, 7) is 7.53. The second kappa shape index (κ2) is 6.82. The van der Waals surface area contributed by atoms with Crippen LogP contribution in [-0.4, -0.2) is 31.7 Å². The van der Waals surface area contributed by atoms with E-state index in [1.807, 2.05) is 27.7 Å². The monoisotopic (exact) mass is 385 g/mol. The number of fused-ring (bicyclic) bond motifs is 2. The zero-order valence-corrected chi connectivity index (χ0v) is 16.8. The maximum Gasteiger partial charge on any atom is 0.338 e. The Bertz CT molecular complexity index is 1170. The first-order valence-corrected chi connectivity index (χ1v) is 8.85. The van der Waals surface area contributed by atoms with Crippen molar-refractivity contribution in [1.82, 2.24) is 5.32 Å². The third-order valence-electron chi connectivity index (χ3n) is 4.49. The Morgan fingerprint density at radius 3 is 2.39 bits per heavy atom. The lowest BCUT2D eigenvalue weighted by Crippen LogP contribution is -2.45. The summed E-state index contributed by atoms with van der Waals surface area (Å²) in [6.07, 6.45) is 0. The normalized spacial score (nSPS) is 16.1. The van der Waals surface area contributed by atoms with E-state index >= 15 is 0 Å². The van der Waals surface area contributed by atoms with Crippen LogP contribution in [0.25, 0.3) is 22.2 Å². The second-order valence-corrected chi connectivity index (χ2v) is 7.79. The SMILES string of the molecule is COC(=O)C1=c2oc3ccc(C)cc3c(=O)c2=C(NC(C)(C)C)C1C(=O)OC. The zero-order valence-electron chi connectivity index (χ0n) is 16.8. The van der Waals surface area contributed by atoms with Gasteiger partial charge in [0.1, 0.15) is 17.1 Å². The number of esters is 2. The van der Waals surface area contributed by atoms with E-state index in [2.05, 4.69) is 5.32 Å². The van der Waals surface area contributed by atoms with Gasteiger partial charge in [0.2, 0.25) is 5.43 Å². The van der Waals surface area contributed by atoms with Gasteiger partial charge in [0.15, 0.2) is 5.42 Å². The molecule has 0 aliphatic heterocycles. The molecule has 1 aliphatic rings. The van der Waals surface area contributed by atoms with Gasteiger partial charge in [-0.3, -0.25) is 9.59 Å². The number of nitrogens with one attached hydrogen (secondary N) is 1. The molecule has 28 heavy (non-hydrogen) atoms. The van der Waals surface area contributed by atoms with E-state index in [0.717, 1.165) is 5.56 Å². The fourth-order valence-electron chi connectivity index (χ4n) is 3.38. The first-order valence-electron chi connectivity index (χ1n) is 8.85. The molecule has 0 saturated carbocycles. The molecule has 0 radical (unpaired) electrons. The van der Waals surface area contributed by atoms with Crippen molar-refractivity contribution in [3.63, 3.8) is 0 Å². The molecule has 7 heteroatoms. The maximum atomic E-state index is 13.3. The summed E-state index contributed by atoms with van der Waals surface area (Å²) in [5.74, 6) is -2.57. The largest absolute Gasteiger partial charge is 0.468 e. The smallest absolute Gasteiger partial charge is 0.338 e. The lowest BCUT2D eigenvalue weighted by molar-refractivity contribution is -0.144. The highest BCUT2D eigenvalue weighted by atomic mass is 16.5. The van der Waals surface area contributed by atoms with Crippen LogP contribution < -0.4 is 21.4 Å². The summed E-state index contributed by atoms with van der Waals surface area (Å²) in [4.78, 5) is 38.5. The molecule has 0 amide bonds. The Hall–Kier alpha value is -3.09. The predicted molar refractivity (Wildman–Crippen MR) is 104 cm³/mol. The first kappa shape index (κ1) is 19.7. The van der Waals surface area contributed by atoms with Gasteiger partial charge < -0.3 is 19.2 Å². The van der Waals surface area contributed by atoms with Gasteiger partial charge in [-0.25, -0.2) is 4.79 Å². The van der Waals surface area contributed by atoms with Crippen LogP contribution in [-0.2, 0) is 19.1 Å². The molecule has 1 aromatic carbocycles. The number of carbonyl (C=O) groups is 2. The van der Waals surface area contributed by atoms with Crippen LogP contribution in [0, 0.1) is 12.8 Å². The predicted octanol–water partition coefficient (Wildman–Crippen LogP) is 0.724. The quantitative estimate of drug-likeness (QED) is 0.778. The highest BCUT2D eigenvalue weighted by Crippen LogP contribution is 2.27. The standard InChI is InChI=1S/C21H23NO6/c1-10-7-8-12-11(9-10)17(23)15-16(22-21(2,3)4)13(19(24)26-5)14(18(15)28-12)20(25)27-6/h7-9,13,22H,1-6H3. The molecule has 7 nitrogen and oxygen atoms in total. The van der Waals surface area contributed by atoms with Crippen molar-refractivity contribution in [3.05, 3.63) is 44.6 Å². The minimum absolute atomic E-state index is 0.0374. The van der Waals surface area contributed by atoms with Gasteiger partial charge in [-0.05, 0) is 39.8 Å². The third kappa shape index (κ3) is 3.17. The lowest BCUT2D eigenvalue weighted by atomic mass is 9.97. The highest BCUT2D eigenvalue weighted by Gasteiger charge is 2.41. The Morgan fingerprint density at radius 2 is 1.82 bits per heavy atom. The van der Waals surface area contributed by atoms with E-state index < -0.39 is 23.4 Å². The molecular weight excluding hydrogens is 362 g/mol. The summed E-state index contributed by atoms with van der Waals surface area (Å²) in [5, 5.41) is 3.73. The summed E-state index contributed by atoms with van der Waals surface area (Å²) in [7, 11) is 2.44. The molecule has 0 bridgehead atoms. The van der Waals surface area contributed by atoms with E-state index in [1.54, 1.807) is 18.2 Å². The van der Waals surface area contributed by atoms with Gasteiger partial charge in [-0.15, -0.1) is 0 Å². The van der Waals surface area contributed by atoms with Crippen LogP contribution in [0.3, 0.4) is 0 Å². The molecule has 1 aromatic heterocycles. The Morgan fingerprint density at radius 1 is 1.14 bits per heavy atom. The van der Waals surface area contributed by atoms with Gasteiger partial charge >= 0.3 is 11.9 Å². The average Bonchev–Trinajstić information content (AvgIpc) is 2.93. The Balaban J connectivity index is 2.57. The number of carbonyl (C=O) groups excluding carboxylic acids is 2. The molecule has 0 fully saturated rings. The maximum absolute atomic E-state index is 13.3. The number of rotatable bonds is 3. The molecule has 1 atom stereocenters. The van der Waals surface area contributed by atoms with E-state index in [-0.39, 0.29) is 27.3 Å². The average molecular weight is 385 g/mol. The number of hydrogen-bond acceptors (Lipinski definition) is 7. The molecular formula is C21H23NO6.